The second-order valence-electron chi connectivity index (χ2n) is 7.59. The average molecular weight is 451 g/mol. The van der Waals surface area contributed by atoms with E-state index in [9.17, 15) is 18.0 Å². The lowest BCUT2D eigenvalue weighted by molar-refractivity contribution is -0.151. The van der Waals surface area contributed by atoms with Crippen LogP contribution in [0.4, 0.5) is 0 Å². The number of hydrogen-bond acceptors (Lipinski definition) is 6. The van der Waals surface area contributed by atoms with E-state index in [-0.39, 0.29) is 30.3 Å². The molecule has 0 aliphatic heterocycles. The Bertz CT molecular complexity index is 1030. The molecule has 0 aliphatic rings. The lowest BCUT2D eigenvalue weighted by Gasteiger charge is -2.19. The molecule has 0 saturated heterocycles. The molecule has 1 amide bonds. The Balaban J connectivity index is 1.88. The van der Waals surface area contributed by atoms with Gasteiger partial charge in [0.2, 0.25) is 10.0 Å². The number of ether oxygens (including phenoxy) is 1. The Kier molecular flexibility index (Phi) is 8.02. The maximum absolute atomic E-state index is 12.8. The van der Waals surface area contributed by atoms with E-state index in [4.69, 9.17) is 9.15 Å². The molecule has 0 radical (unpaired) electrons. The molecule has 1 aromatic heterocycles. The van der Waals surface area contributed by atoms with Crippen LogP contribution in [0.5, 0.6) is 0 Å². The Labute approximate surface area is 183 Å². The van der Waals surface area contributed by atoms with Gasteiger partial charge in [-0.3, -0.25) is 9.59 Å². The van der Waals surface area contributed by atoms with E-state index in [2.05, 4.69) is 4.72 Å². The van der Waals surface area contributed by atoms with Crippen molar-refractivity contribution >= 4 is 21.9 Å². The quantitative estimate of drug-likeness (QED) is 0.589. The average Bonchev–Trinajstić information content (AvgIpc) is 3.21. The molecule has 1 aromatic carbocycles. The number of nitrogens with one attached hydrogen (secondary N) is 1. The second-order valence-corrected chi connectivity index (χ2v) is 9.30. The SMILES string of the molecule is Cc1c(C)c(C)c(S(=O)(=O)NCCC(=O)OCC(=O)N(C)Cc2ccco2)c(C)c1C. The summed E-state index contributed by atoms with van der Waals surface area (Å²) in [6.45, 7) is 9.04. The van der Waals surface area contributed by atoms with Gasteiger partial charge in [-0.25, -0.2) is 13.1 Å². The zero-order valence-electron chi connectivity index (χ0n) is 18.9. The smallest absolute Gasteiger partial charge is 0.307 e. The number of nitrogens with zero attached hydrogens (tertiary/aromatic N) is 1. The molecule has 2 aromatic rings. The van der Waals surface area contributed by atoms with Crippen LogP contribution in [0.3, 0.4) is 0 Å². The number of carbonyl (C=O) groups excluding carboxylic acids is 2. The highest BCUT2D eigenvalue weighted by Crippen LogP contribution is 2.29. The van der Waals surface area contributed by atoms with Gasteiger partial charge in [0.05, 0.1) is 24.1 Å². The van der Waals surface area contributed by atoms with Crippen molar-refractivity contribution in [1.29, 1.82) is 0 Å². The van der Waals surface area contributed by atoms with Gasteiger partial charge < -0.3 is 14.1 Å². The number of benzene rings is 1. The van der Waals surface area contributed by atoms with Crippen LogP contribution in [0, 0.1) is 34.6 Å². The molecule has 2 rings (SSSR count). The van der Waals surface area contributed by atoms with Crippen molar-refractivity contribution in [3.05, 3.63) is 52.0 Å². The molecular formula is C22H30N2O6S. The normalized spacial score (nSPS) is 11.4. The van der Waals surface area contributed by atoms with E-state index in [1.54, 1.807) is 33.0 Å². The summed E-state index contributed by atoms with van der Waals surface area (Å²) < 4.78 is 38.3. The number of furan rings is 1. The standard InChI is InChI=1S/C22H30N2O6S/c1-14-15(2)17(4)22(18(5)16(14)3)31(27,28)23-10-9-21(26)30-13-20(25)24(6)12-19-8-7-11-29-19/h7-8,11,23H,9-10,12-13H2,1-6H3. The van der Waals surface area contributed by atoms with Crippen molar-refractivity contribution in [3.63, 3.8) is 0 Å². The van der Waals surface area contributed by atoms with E-state index in [1.165, 1.54) is 11.2 Å². The molecule has 9 heteroatoms. The van der Waals surface area contributed by atoms with Crippen LogP contribution < -0.4 is 4.72 Å². The number of sulfonamides is 1. The lowest BCUT2D eigenvalue weighted by Crippen LogP contribution is -2.32. The fraction of sp³-hybridized carbons (Fsp3) is 0.455. The minimum absolute atomic E-state index is 0.123. The maximum Gasteiger partial charge on any atom is 0.307 e. The Hall–Kier alpha value is -2.65. The molecule has 0 spiro atoms. The van der Waals surface area contributed by atoms with E-state index in [0.717, 1.165) is 16.7 Å². The van der Waals surface area contributed by atoms with Gasteiger partial charge in [-0.2, -0.15) is 0 Å². The predicted octanol–water partition coefficient (Wildman–Crippen LogP) is 2.69. The van der Waals surface area contributed by atoms with Crippen molar-refractivity contribution in [3.8, 4) is 0 Å². The summed E-state index contributed by atoms with van der Waals surface area (Å²) in [4.78, 5) is 25.6. The van der Waals surface area contributed by atoms with E-state index >= 15 is 0 Å². The summed E-state index contributed by atoms with van der Waals surface area (Å²) in [5, 5.41) is 0. The Morgan fingerprint density at radius 2 is 1.61 bits per heavy atom. The molecule has 31 heavy (non-hydrogen) atoms. The summed E-state index contributed by atoms with van der Waals surface area (Å²) in [6.07, 6.45) is 1.33. The molecule has 1 N–H and O–H groups in total. The molecule has 0 unspecified atom stereocenters. The van der Waals surface area contributed by atoms with E-state index in [1.807, 2.05) is 20.8 Å². The predicted molar refractivity (Wildman–Crippen MR) is 116 cm³/mol. The number of likely N-dealkylation sites (N-methyl/N-ethyl adjacent to an activating group) is 1. The summed E-state index contributed by atoms with van der Waals surface area (Å²) >= 11 is 0. The van der Waals surface area contributed by atoms with Crippen LogP contribution in [0.2, 0.25) is 0 Å². The highest BCUT2D eigenvalue weighted by atomic mass is 32.2. The first-order chi connectivity index (χ1) is 14.5. The molecule has 0 aliphatic carbocycles. The lowest BCUT2D eigenvalue weighted by atomic mass is 9.95. The zero-order chi connectivity index (χ0) is 23.3. The molecule has 1 heterocycles. The summed E-state index contributed by atoms with van der Waals surface area (Å²) in [6, 6.07) is 3.46. The van der Waals surface area contributed by atoms with E-state index in [0.29, 0.717) is 16.9 Å². The summed E-state index contributed by atoms with van der Waals surface area (Å²) in [5.74, 6) is -0.432. The van der Waals surface area contributed by atoms with Crippen molar-refractivity contribution in [2.75, 3.05) is 20.2 Å². The molecule has 0 bridgehead atoms. The molecular weight excluding hydrogens is 420 g/mol. The number of rotatable bonds is 9. The third-order valence-corrected chi connectivity index (χ3v) is 7.31. The van der Waals surface area contributed by atoms with Crippen molar-refractivity contribution in [2.45, 2.75) is 52.5 Å². The number of esters is 1. The highest BCUT2D eigenvalue weighted by Gasteiger charge is 2.23. The highest BCUT2D eigenvalue weighted by molar-refractivity contribution is 7.89. The molecule has 0 fully saturated rings. The minimum atomic E-state index is -3.80. The topological polar surface area (TPSA) is 106 Å². The van der Waals surface area contributed by atoms with Gasteiger partial charge in [0.1, 0.15) is 5.76 Å². The Morgan fingerprint density at radius 1 is 1.03 bits per heavy atom. The van der Waals surface area contributed by atoms with Crippen LogP contribution in [0.15, 0.2) is 27.7 Å². The van der Waals surface area contributed by atoms with Crippen LogP contribution in [0.25, 0.3) is 0 Å². The fourth-order valence-corrected chi connectivity index (χ4v) is 4.90. The van der Waals surface area contributed by atoms with Gasteiger partial charge in [-0.05, 0) is 74.6 Å². The van der Waals surface area contributed by atoms with Gasteiger partial charge in [-0.15, -0.1) is 0 Å². The molecule has 0 saturated carbocycles. The van der Waals surface area contributed by atoms with Crippen molar-refractivity contribution in [1.82, 2.24) is 9.62 Å². The Morgan fingerprint density at radius 3 is 2.16 bits per heavy atom. The third kappa shape index (κ3) is 5.95. The third-order valence-electron chi connectivity index (χ3n) is 5.58. The van der Waals surface area contributed by atoms with Crippen molar-refractivity contribution in [2.24, 2.45) is 0 Å². The maximum atomic E-state index is 12.8. The zero-order valence-corrected chi connectivity index (χ0v) is 19.7. The summed E-state index contributed by atoms with van der Waals surface area (Å²) in [5.41, 5.74) is 4.32. The number of hydrogen-bond donors (Lipinski definition) is 1. The first kappa shape index (κ1) is 24.6. The molecule has 170 valence electrons. The van der Waals surface area contributed by atoms with Gasteiger partial charge in [0.25, 0.3) is 5.91 Å². The monoisotopic (exact) mass is 450 g/mol. The van der Waals surface area contributed by atoms with Gasteiger partial charge in [-0.1, -0.05) is 0 Å². The van der Waals surface area contributed by atoms with Crippen LogP contribution in [0.1, 0.15) is 40.0 Å². The van der Waals surface area contributed by atoms with E-state index < -0.39 is 22.6 Å². The van der Waals surface area contributed by atoms with Crippen LogP contribution in [-0.4, -0.2) is 45.4 Å². The van der Waals surface area contributed by atoms with Gasteiger partial charge >= 0.3 is 5.97 Å². The molecule has 0 atom stereocenters. The molecule has 8 nitrogen and oxygen atoms in total. The van der Waals surface area contributed by atoms with Gasteiger partial charge in [0.15, 0.2) is 6.61 Å². The second kappa shape index (κ2) is 10.1. The van der Waals surface area contributed by atoms with Gasteiger partial charge in [0, 0.05) is 13.6 Å². The van der Waals surface area contributed by atoms with Crippen molar-refractivity contribution < 1.29 is 27.2 Å². The first-order valence-corrected chi connectivity index (χ1v) is 11.4. The number of carbonyl (C=O) groups is 2. The minimum Gasteiger partial charge on any atom is -0.467 e. The van der Waals surface area contributed by atoms with Crippen LogP contribution in [-0.2, 0) is 30.9 Å². The first-order valence-electron chi connectivity index (χ1n) is 9.94. The number of amides is 1. The summed E-state index contributed by atoms with van der Waals surface area (Å²) in [7, 11) is -2.22. The van der Waals surface area contributed by atoms with Crippen LogP contribution >= 0.6 is 0 Å². The fourth-order valence-electron chi connectivity index (χ4n) is 3.28. The largest absolute Gasteiger partial charge is 0.467 e.